The number of rotatable bonds is 8. The lowest BCUT2D eigenvalue weighted by Crippen LogP contribution is -2.36. The van der Waals surface area contributed by atoms with Crippen LogP contribution in [0.4, 0.5) is 0 Å². The van der Waals surface area contributed by atoms with E-state index in [4.69, 9.17) is 10.5 Å². The number of benzene rings is 1. The molecule has 110 valence electrons. The van der Waals surface area contributed by atoms with E-state index in [1.54, 1.807) is 29.2 Å². The minimum absolute atomic E-state index is 0.00984. The maximum absolute atomic E-state index is 12.0. The van der Waals surface area contributed by atoms with E-state index < -0.39 is 5.91 Å². The number of ether oxygens (including phenoxy) is 1. The molecule has 0 aliphatic rings. The van der Waals surface area contributed by atoms with Crippen molar-refractivity contribution < 1.29 is 14.3 Å². The molecule has 0 heterocycles. The van der Waals surface area contributed by atoms with Gasteiger partial charge in [-0.3, -0.25) is 9.59 Å². The number of carbonyl (C=O) groups excluding carboxylic acids is 2. The van der Waals surface area contributed by atoms with Gasteiger partial charge >= 0.3 is 0 Å². The molecule has 0 aromatic heterocycles. The first-order valence-electron chi connectivity index (χ1n) is 6.88. The summed E-state index contributed by atoms with van der Waals surface area (Å²) in [5.74, 6) is 0.0497. The molecule has 20 heavy (non-hydrogen) atoms. The highest BCUT2D eigenvalue weighted by Gasteiger charge is 2.12. The predicted octanol–water partition coefficient (Wildman–Crippen LogP) is 1.81. The SMILES string of the molecule is CCCN(CCC)C(=O)COc1ccc(C(N)=O)cc1. The van der Waals surface area contributed by atoms with Gasteiger partial charge in [-0.15, -0.1) is 0 Å². The molecular formula is C15H22N2O3. The van der Waals surface area contributed by atoms with Gasteiger partial charge in [-0.05, 0) is 37.1 Å². The summed E-state index contributed by atoms with van der Waals surface area (Å²) in [6.07, 6.45) is 1.86. The fourth-order valence-electron chi connectivity index (χ4n) is 1.85. The van der Waals surface area contributed by atoms with Crippen molar-refractivity contribution in [3.05, 3.63) is 29.8 Å². The Morgan fingerprint density at radius 2 is 1.65 bits per heavy atom. The summed E-state index contributed by atoms with van der Waals surface area (Å²) in [7, 11) is 0. The fraction of sp³-hybridized carbons (Fsp3) is 0.467. The van der Waals surface area contributed by atoms with Crippen LogP contribution in [-0.2, 0) is 4.79 Å². The monoisotopic (exact) mass is 278 g/mol. The first-order valence-corrected chi connectivity index (χ1v) is 6.88. The zero-order valence-electron chi connectivity index (χ0n) is 12.1. The highest BCUT2D eigenvalue weighted by atomic mass is 16.5. The van der Waals surface area contributed by atoms with Gasteiger partial charge in [-0.1, -0.05) is 13.8 Å². The smallest absolute Gasteiger partial charge is 0.260 e. The van der Waals surface area contributed by atoms with Crippen molar-refractivity contribution in [1.29, 1.82) is 0 Å². The minimum atomic E-state index is -0.482. The average Bonchev–Trinajstić information content (AvgIpc) is 2.45. The molecule has 0 aliphatic heterocycles. The molecule has 5 heteroatoms. The van der Waals surface area contributed by atoms with E-state index in [9.17, 15) is 9.59 Å². The number of hydrogen-bond donors (Lipinski definition) is 1. The molecule has 0 saturated carbocycles. The van der Waals surface area contributed by atoms with Gasteiger partial charge in [0.2, 0.25) is 5.91 Å². The van der Waals surface area contributed by atoms with E-state index in [0.29, 0.717) is 11.3 Å². The van der Waals surface area contributed by atoms with Gasteiger partial charge in [0.15, 0.2) is 6.61 Å². The van der Waals surface area contributed by atoms with Crippen LogP contribution in [0, 0.1) is 0 Å². The maximum atomic E-state index is 12.0. The van der Waals surface area contributed by atoms with Crippen molar-refractivity contribution in [3.63, 3.8) is 0 Å². The third kappa shape index (κ3) is 4.91. The molecule has 0 saturated heterocycles. The standard InChI is InChI=1S/C15H22N2O3/c1-3-9-17(10-4-2)14(18)11-20-13-7-5-12(6-8-13)15(16)19/h5-8H,3-4,9-11H2,1-2H3,(H2,16,19). The maximum Gasteiger partial charge on any atom is 0.260 e. The van der Waals surface area contributed by atoms with Crippen LogP contribution in [0.1, 0.15) is 37.0 Å². The molecule has 2 amide bonds. The van der Waals surface area contributed by atoms with E-state index in [0.717, 1.165) is 25.9 Å². The summed E-state index contributed by atoms with van der Waals surface area (Å²) in [4.78, 5) is 24.7. The molecule has 0 aliphatic carbocycles. The molecule has 5 nitrogen and oxygen atoms in total. The number of primary amides is 1. The van der Waals surface area contributed by atoms with Crippen LogP contribution in [0.25, 0.3) is 0 Å². The number of nitrogens with two attached hydrogens (primary N) is 1. The molecule has 1 rings (SSSR count). The Kier molecular flexibility index (Phi) is 6.56. The predicted molar refractivity (Wildman–Crippen MR) is 77.6 cm³/mol. The first-order chi connectivity index (χ1) is 9.58. The van der Waals surface area contributed by atoms with Crippen LogP contribution >= 0.6 is 0 Å². The van der Waals surface area contributed by atoms with Crippen molar-refractivity contribution >= 4 is 11.8 Å². The zero-order valence-corrected chi connectivity index (χ0v) is 12.1. The Hall–Kier alpha value is -2.04. The van der Waals surface area contributed by atoms with Crippen LogP contribution in [0.2, 0.25) is 0 Å². The van der Waals surface area contributed by atoms with Crippen LogP contribution in [0.5, 0.6) is 5.75 Å². The third-order valence-corrected chi connectivity index (χ3v) is 2.84. The Labute approximate surface area is 119 Å². The van der Waals surface area contributed by atoms with E-state index in [2.05, 4.69) is 0 Å². The van der Waals surface area contributed by atoms with Crippen LogP contribution < -0.4 is 10.5 Å². The summed E-state index contributed by atoms with van der Waals surface area (Å²) in [5.41, 5.74) is 5.57. The number of hydrogen-bond acceptors (Lipinski definition) is 3. The zero-order chi connectivity index (χ0) is 15.0. The summed E-state index contributed by atoms with van der Waals surface area (Å²) in [5, 5.41) is 0. The fourth-order valence-corrected chi connectivity index (χ4v) is 1.85. The van der Waals surface area contributed by atoms with Gasteiger partial charge in [-0.2, -0.15) is 0 Å². The van der Waals surface area contributed by atoms with Crippen LogP contribution in [0.3, 0.4) is 0 Å². The van der Waals surface area contributed by atoms with Crippen LogP contribution in [0.15, 0.2) is 24.3 Å². The Bertz CT molecular complexity index is 437. The van der Waals surface area contributed by atoms with Gasteiger partial charge in [0.05, 0.1) is 0 Å². The molecule has 0 bridgehead atoms. The van der Waals surface area contributed by atoms with Gasteiger partial charge < -0.3 is 15.4 Å². The topological polar surface area (TPSA) is 72.6 Å². The Morgan fingerprint density at radius 3 is 2.10 bits per heavy atom. The van der Waals surface area contributed by atoms with Gasteiger partial charge in [0.25, 0.3) is 5.91 Å². The van der Waals surface area contributed by atoms with Crippen molar-refractivity contribution in [2.75, 3.05) is 19.7 Å². The summed E-state index contributed by atoms with van der Waals surface area (Å²) < 4.78 is 5.43. The number of nitrogens with zero attached hydrogens (tertiary/aromatic N) is 1. The van der Waals surface area contributed by atoms with Gasteiger partial charge in [0.1, 0.15) is 5.75 Å². The molecule has 2 N–H and O–H groups in total. The number of carbonyl (C=O) groups is 2. The Balaban J connectivity index is 2.52. The highest BCUT2D eigenvalue weighted by molar-refractivity contribution is 5.92. The van der Waals surface area contributed by atoms with E-state index in [1.807, 2.05) is 13.8 Å². The van der Waals surface area contributed by atoms with Crippen LogP contribution in [-0.4, -0.2) is 36.4 Å². The molecule has 1 aromatic rings. The second-order valence-electron chi connectivity index (χ2n) is 4.56. The van der Waals surface area contributed by atoms with Crippen molar-refractivity contribution in [3.8, 4) is 5.75 Å². The molecule has 0 radical (unpaired) electrons. The lowest BCUT2D eigenvalue weighted by molar-refractivity contribution is -0.133. The summed E-state index contributed by atoms with van der Waals surface area (Å²) >= 11 is 0. The summed E-state index contributed by atoms with van der Waals surface area (Å²) in [6, 6.07) is 6.44. The van der Waals surface area contributed by atoms with Crippen molar-refractivity contribution in [1.82, 2.24) is 4.90 Å². The normalized spacial score (nSPS) is 10.1. The largest absolute Gasteiger partial charge is 0.484 e. The average molecular weight is 278 g/mol. The second kappa shape index (κ2) is 8.19. The van der Waals surface area contributed by atoms with Gasteiger partial charge in [0, 0.05) is 18.7 Å². The van der Waals surface area contributed by atoms with Crippen molar-refractivity contribution in [2.45, 2.75) is 26.7 Å². The van der Waals surface area contributed by atoms with Gasteiger partial charge in [-0.25, -0.2) is 0 Å². The summed E-state index contributed by atoms with van der Waals surface area (Å²) in [6.45, 7) is 5.59. The highest BCUT2D eigenvalue weighted by Crippen LogP contribution is 2.12. The molecule has 1 aromatic carbocycles. The van der Waals surface area contributed by atoms with E-state index in [1.165, 1.54) is 0 Å². The van der Waals surface area contributed by atoms with Crippen molar-refractivity contribution in [2.24, 2.45) is 5.73 Å². The molecule has 0 atom stereocenters. The first kappa shape index (κ1) is 16.0. The third-order valence-electron chi connectivity index (χ3n) is 2.84. The molecule has 0 spiro atoms. The molecular weight excluding hydrogens is 256 g/mol. The Morgan fingerprint density at radius 1 is 1.10 bits per heavy atom. The van der Waals surface area contributed by atoms with E-state index in [-0.39, 0.29) is 12.5 Å². The minimum Gasteiger partial charge on any atom is -0.484 e. The molecule has 0 unspecified atom stereocenters. The second-order valence-corrected chi connectivity index (χ2v) is 4.56. The lowest BCUT2D eigenvalue weighted by atomic mass is 10.2. The number of amides is 2. The molecule has 0 fully saturated rings. The quantitative estimate of drug-likeness (QED) is 0.788. The van der Waals surface area contributed by atoms with E-state index >= 15 is 0 Å². The lowest BCUT2D eigenvalue weighted by Gasteiger charge is -2.21.